The zero-order valence-electron chi connectivity index (χ0n) is 17.2. The molecular weight excluding hydrogens is 317 g/mol. The number of rotatable bonds is 9. The van der Waals surface area contributed by atoms with E-state index in [9.17, 15) is 8.63 Å². The molecule has 0 atom stereocenters. The van der Waals surface area contributed by atoms with Crippen molar-refractivity contribution >= 4 is 12.7 Å². The van der Waals surface area contributed by atoms with E-state index in [-0.39, 0.29) is 5.46 Å². The third kappa shape index (κ3) is 6.07. The highest BCUT2D eigenvalue weighted by Gasteiger charge is 2.27. The monoisotopic (exact) mass is 352 g/mol. The van der Waals surface area contributed by atoms with Gasteiger partial charge in [0.2, 0.25) is 0 Å². The van der Waals surface area contributed by atoms with Crippen molar-refractivity contribution in [1.82, 2.24) is 9.80 Å². The van der Waals surface area contributed by atoms with E-state index in [1.54, 1.807) is 0 Å². The van der Waals surface area contributed by atoms with Crippen LogP contribution in [0.4, 0.5) is 8.63 Å². The molecule has 142 valence electrons. The van der Waals surface area contributed by atoms with Gasteiger partial charge < -0.3 is 0 Å². The molecule has 0 amide bonds. The van der Waals surface area contributed by atoms with Crippen molar-refractivity contribution in [2.24, 2.45) is 0 Å². The fraction of sp³-hybridized carbons (Fsp3) is 0.700. The van der Waals surface area contributed by atoms with Crippen LogP contribution in [0, 0.1) is 0 Å². The number of nitrogens with zero attached hydrogens (tertiary/aromatic N) is 2. The molecule has 0 heterocycles. The molecule has 0 aliphatic carbocycles. The van der Waals surface area contributed by atoms with Crippen LogP contribution >= 0.6 is 0 Å². The Kier molecular flexibility index (Phi) is 8.56. The molecule has 0 fully saturated rings. The predicted octanol–water partition coefficient (Wildman–Crippen LogP) is 4.56. The molecule has 0 aromatic heterocycles. The Balaban J connectivity index is 3.25. The molecule has 1 aromatic rings. The fourth-order valence-corrected chi connectivity index (χ4v) is 3.54. The maximum absolute atomic E-state index is 14.0. The lowest BCUT2D eigenvalue weighted by Crippen LogP contribution is -2.42. The normalized spacial score (nSPS) is 12.5. The summed E-state index contributed by atoms with van der Waals surface area (Å²) in [6.45, 7) is 18.1. The molecular formula is C20H35BF2N2. The first-order valence-corrected chi connectivity index (χ1v) is 9.46. The molecule has 5 heteroatoms. The second-order valence-electron chi connectivity index (χ2n) is 8.01. The van der Waals surface area contributed by atoms with Crippen LogP contribution in [0.5, 0.6) is 0 Å². The van der Waals surface area contributed by atoms with Crippen LogP contribution in [0.15, 0.2) is 18.2 Å². The Morgan fingerprint density at radius 2 is 1.04 bits per heavy atom. The van der Waals surface area contributed by atoms with Crippen molar-refractivity contribution in [2.45, 2.75) is 92.6 Å². The highest BCUT2D eigenvalue weighted by Crippen LogP contribution is 2.17. The van der Waals surface area contributed by atoms with Gasteiger partial charge in [0.05, 0.1) is 0 Å². The van der Waals surface area contributed by atoms with Crippen molar-refractivity contribution in [3.05, 3.63) is 29.3 Å². The van der Waals surface area contributed by atoms with Crippen LogP contribution in [0.25, 0.3) is 0 Å². The Morgan fingerprint density at radius 3 is 1.28 bits per heavy atom. The van der Waals surface area contributed by atoms with Gasteiger partial charge >= 0.3 is 7.27 Å². The minimum Gasteiger partial charge on any atom is -0.294 e. The van der Waals surface area contributed by atoms with E-state index in [4.69, 9.17) is 0 Å². The number of benzene rings is 1. The lowest BCUT2D eigenvalue weighted by atomic mass is 9.77. The number of halogens is 2. The van der Waals surface area contributed by atoms with Crippen molar-refractivity contribution < 1.29 is 8.63 Å². The predicted molar refractivity (Wildman–Crippen MR) is 106 cm³/mol. The minimum absolute atomic E-state index is 0.222. The average molecular weight is 352 g/mol. The molecule has 0 saturated heterocycles. The smallest absolute Gasteiger partial charge is 0.294 e. The number of hydrogen-bond donors (Lipinski definition) is 0. The van der Waals surface area contributed by atoms with Crippen molar-refractivity contribution in [3.8, 4) is 0 Å². The van der Waals surface area contributed by atoms with Gasteiger partial charge in [-0.2, -0.15) is 0 Å². The second-order valence-corrected chi connectivity index (χ2v) is 8.01. The lowest BCUT2D eigenvalue weighted by molar-refractivity contribution is 0.164. The molecule has 1 rings (SSSR count). The Labute approximate surface area is 153 Å². The van der Waals surface area contributed by atoms with Gasteiger partial charge in [-0.05, 0) is 66.5 Å². The third-order valence-electron chi connectivity index (χ3n) is 4.86. The van der Waals surface area contributed by atoms with Crippen LogP contribution in [0.1, 0.15) is 66.5 Å². The van der Waals surface area contributed by atoms with Crippen molar-refractivity contribution in [1.29, 1.82) is 0 Å². The first-order valence-electron chi connectivity index (χ1n) is 9.46. The Bertz CT molecular complexity index is 474. The van der Waals surface area contributed by atoms with E-state index in [2.05, 4.69) is 65.2 Å². The highest BCUT2D eigenvalue weighted by molar-refractivity contribution is 6.61. The highest BCUT2D eigenvalue weighted by atomic mass is 19.2. The van der Waals surface area contributed by atoms with Crippen LogP contribution in [0.2, 0.25) is 0 Å². The van der Waals surface area contributed by atoms with Crippen LogP contribution < -0.4 is 5.46 Å². The van der Waals surface area contributed by atoms with E-state index in [1.807, 2.05) is 18.2 Å². The van der Waals surface area contributed by atoms with Crippen LogP contribution in [-0.2, 0) is 13.1 Å². The SMILES string of the molecule is CC(C)N(Cc1cccc(CN(C(C)C)C(C)C)c1B(F)F)C(C)C. The molecule has 0 saturated carbocycles. The molecule has 0 N–H and O–H groups in total. The molecule has 25 heavy (non-hydrogen) atoms. The van der Waals surface area contributed by atoms with Gasteiger partial charge in [0.25, 0.3) is 0 Å². The molecule has 2 nitrogen and oxygen atoms in total. The topological polar surface area (TPSA) is 6.48 Å². The van der Waals surface area contributed by atoms with E-state index >= 15 is 0 Å². The summed E-state index contributed by atoms with van der Waals surface area (Å²) < 4.78 is 27.9. The zero-order chi connectivity index (χ0) is 19.3. The van der Waals surface area contributed by atoms with Gasteiger partial charge in [-0.1, -0.05) is 18.2 Å². The summed E-state index contributed by atoms with van der Waals surface area (Å²) in [6, 6.07) is 6.91. The summed E-state index contributed by atoms with van der Waals surface area (Å²) in [5.41, 5.74) is 1.73. The molecule has 1 aromatic carbocycles. The molecule has 0 aliphatic heterocycles. The lowest BCUT2D eigenvalue weighted by Gasteiger charge is -2.33. The zero-order valence-corrected chi connectivity index (χ0v) is 17.2. The van der Waals surface area contributed by atoms with Gasteiger partial charge in [0, 0.05) is 42.7 Å². The van der Waals surface area contributed by atoms with Gasteiger partial charge in [-0.15, -0.1) is 0 Å². The van der Waals surface area contributed by atoms with Gasteiger partial charge in [0.1, 0.15) is 0 Å². The van der Waals surface area contributed by atoms with E-state index < -0.39 is 7.27 Å². The van der Waals surface area contributed by atoms with Crippen molar-refractivity contribution in [3.63, 3.8) is 0 Å². The standard InChI is InChI=1S/C20H35BF2N2/c1-14(2)24(15(3)4)12-18-10-9-11-19(20(18)21(22)23)13-25(16(5)6)17(7)8/h9-11,14-17H,12-13H2,1-8H3. The molecule has 0 spiro atoms. The Hall–Kier alpha value is -0.935. The van der Waals surface area contributed by atoms with Crippen LogP contribution in [0.3, 0.4) is 0 Å². The quantitative estimate of drug-likeness (QED) is 0.601. The molecule has 0 radical (unpaired) electrons. The summed E-state index contributed by atoms with van der Waals surface area (Å²) >= 11 is 0. The van der Waals surface area contributed by atoms with Gasteiger partial charge in [0.15, 0.2) is 0 Å². The summed E-state index contributed by atoms with van der Waals surface area (Å²) in [4.78, 5) is 4.52. The molecule has 0 bridgehead atoms. The number of hydrogen-bond acceptors (Lipinski definition) is 2. The fourth-order valence-electron chi connectivity index (χ4n) is 3.54. The summed E-state index contributed by atoms with van der Waals surface area (Å²) in [7, 11) is -2.45. The first-order chi connectivity index (χ1) is 11.6. The first kappa shape index (κ1) is 22.1. The Morgan fingerprint density at radius 1 is 0.720 bits per heavy atom. The largest absolute Gasteiger partial charge is 0.572 e. The average Bonchev–Trinajstić information content (AvgIpc) is 2.48. The second kappa shape index (κ2) is 9.68. The molecule has 0 aliphatic rings. The third-order valence-corrected chi connectivity index (χ3v) is 4.86. The maximum Gasteiger partial charge on any atom is 0.572 e. The van der Waals surface area contributed by atoms with Gasteiger partial charge in [-0.25, -0.2) is 0 Å². The van der Waals surface area contributed by atoms with E-state index in [1.165, 1.54) is 0 Å². The molecule has 0 unspecified atom stereocenters. The van der Waals surface area contributed by atoms with Crippen molar-refractivity contribution in [2.75, 3.05) is 0 Å². The summed E-state index contributed by atoms with van der Waals surface area (Å²) in [5.74, 6) is 0. The van der Waals surface area contributed by atoms with Crippen LogP contribution in [-0.4, -0.2) is 41.2 Å². The summed E-state index contributed by atoms with van der Waals surface area (Å²) in [5, 5.41) is 0. The van der Waals surface area contributed by atoms with E-state index in [0.29, 0.717) is 37.3 Å². The van der Waals surface area contributed by atoms with E-state index in [0.717, 1.165) is 11.1 Å². The summed E-state index contributed by atoms with van der Waals surface area (Å²) in [6.07, 6.45) is 0. The maximum atomic E-state index is 14.0. The minimum atomic E-state index is -2.45. The van der Waals surface area contributed by atoms with Gasteiger partial charge in [-0.3, -0.25) is 18.4 Å².